The number of benzene rings is 1. The molecule has 0 aliphatic heterocycles. The van der Waals surface area contributed by atoms with Gasteiger partial charge in [-0.1, -0.05) is 29.8 Å². The predicted molar refractivity (Wildman–Crippen MR) is 124 cm³/mol. The van der Waals surface area contributed by atoms with E-state index in [1.165, 1.54) is 22.6 Å². The number of hydrogen-bond donors (Lipinski definition) is 2. The molecule has 2 N–H and O–H groups in total. The van der Waals surface area contributed by atoms with Crippen LogP contribution in [0.5, 0.6) is 0 Å². The molecule has 1 amide bonds. The van der Waals surface area contributed by atoms with Crippen LogP contribution < -0.4 is 16.6 Å². The maximum atomic E-state index is 12.6. The van der Waals surface area contributed by atoms with E-state index in [0.717, 1.165) is 10.1 Å². The number of tetrazole rings is 1. The third-order valence-electron chi connectivity index (χ3n) is 5.42. The highest BCUT2D eigenvalue weighted by atomic mass is 16.3. The summed E-state index contributed by atoms with van der Waals surface area (Å²) < 4.78 is 3.81. The molecule has 35 heavy (non-hydrogen) atoms. The Labute approximate surface area is 199 Å². The van der Waals surface area contributed by atoms with Gasteiger partial charge in [0.25, 0.3) is 11.5 Å². The van der Waals surface area contributed by atoms with Crippen molar-refractivity contribution in [3.8, 4) is 0 Å². The average Bonchev–Trinajstić information content (AvgIpc) is 3.52. The normalized spacial score (nSPS) is 12.0. The number of carbonyl (C=O) groups is 1. The fourth-order valence-corrected chi connectivity index (χ4v) is 3.43. The van der Waals surface area contributed by atoms with Crippen LogP contribution in [0.25, 0.3) is 0 Å². The molecular weight excluding hydrogens is 454 g/mol. The lowest BCUT2D eigenvalue weighted by Gasteiger charge is -2.10. The molecule has 182 valence electrons. The van der Waals surface area contributed by atoms with Gasteiger partial charge in [0.05, 0.1) is 19.4 Å². The predicted octanol–water partition coefficient (Wildman–Crippen LogP) is -0.750. The Balaban J connectivity index is 1.46. The average molecular weight is 480 g/mol. The van der Waals surface area contributed by atoms with Crippen molar-refractivity contribution in [2.24, 2.45) is 7.05 Å². The van der Waals surface area contributed by atoms with Crippen LogP contribution in [-0.4, -0.2) is 56.5 Å². The van der Waals surface area contributed by atoms with E-state index in [9.17, 15) is 19.5 Å². The number of amides is 1. The molecular formula is C22H25N9O4. The summed E-state index contributed by atoms with van der Waals surface area (Å²) in [6.07, 6.45) is 5.35. The van der Waals surface area contributed by atoms with Crippen LogP contribution in [0, 0.1) is 6.92 Å². The molecule has 3 aromatic heterocycles. The van der Waals surface area contributed by atoms with Gasteiger partial charge in [-0.15, -0.1) is 10.2 Å². The number of carbonyl (C=O) groups excluding carboxylic acids is 1. The zero-order valence-corrected chi connectivity index (χ0v) is 19.3. The van der Waals surface area contributed by atoms with E-state index in [-0.39, 0.29) is 31.0 Å². The molecule has 0 unspecified atom stereocenters. The van der Waals surface area contributed by atoms with Gasteiger partial charge in [-0.25, -0.2) is 9.78 Å². The molecule has 13 nitrogen and oxygen atoms in total. The van der Waals surface area contributed by atoms with Crippen molar-refractivity contribution < 1.29 is 9.90 Å². The van der Waals surface area contributed by atoms with Crippen LogP contribution in [0.2, 0.25) is 0 Å². The largest absolute Gasteiger partial charge is 0.386 e. The first-order chi connectivity index (χ1) is 16.8. The van der Waals surface area contributed by atoms with Crippen molar-refractivity contribution in [2.45, 2.75) is 32.7 Å². The minimum Gasteiger partial charge on any atom is -0.386 e. The van der Waals surface area contributed by atoms with Gasteiger partial charge in [-0.05, 0) is 17.7 Å². The minimum absolute atomic E-state index is 0.0722. The summed E-state index contributed by atoms with van der Waals surface area (Å²) in [7, 11) is 1.30. The van der Waals surface area contributed by atoms with E-state index in [1.54, 1.807) is 23.3 Å². The molecule has 13 heteroatoms. The lowest BCUT2D eigenvalue weighted by Crippen LogP contribution is -2.43. The number of aromatic nitrogens is 8. The van der Waals surface area contributed by atoms with Gasteiger partial charge in [0.2, 0.25) is 0 Å². The highest BCUT2D eigenvalue weighted by Gasteiger charge is 2.17. The molecule has 3 heterocycles. The molecule has 1 atom stereocenters. The van der Waals surface area contributed by atoms with Crippen molar-refractivity contribution in [1.29, 1.82) is 0 Å². The maximum Gasteiger partial charge on any atom is 0.331 e. The summed E-state index contributed by atoms with van der Waals surface area (Å²) in [4.78, 5) is 42.9. The number of rotatable bonds is 9. The number of aliphatic hydroxyl groups excluding tert-OH is 1. The summed E-state index contributed by atoms with van der Waals surface area (Å²) in [5.74, 6) is -0.411. The highest BCUT2D eigenvalue weighted by molar-refractivity contribution is 5.93. The Hall–Kier alpha value is -4.39. The number of imidazole rings is 1. The van der Waals surface area contributed by atoms with Crippen molar-refractivity contribution in [3.05, 3.63) is 92.5 Å². The van der Waals surface area contributed by atoms with Gasteiger partial charge in [0, 0.05) is 38.7 Å². The van der Waals surface area contributed by atoms with Crippen molar-refractivity contribution >= 4 is 5.91 Å². The summed E-state index contributed by atoms with van der Waals surface area (Å²) in [6.45, 7) is 2.68. The van der Waals surface area contributed by atoms with Gasteiger partial charge < -0.3 is 15.0 Å². The Morgan fingerprint density at radius 3 is 2.69 bits per heavy atom. The molecule has 4 aromatic rings. The first kappa shape index (κ1) is 23.8. The molecule has 0 saturated heterocycles. The minimum atomic E-state index is -0.837. The molecule has 0 aliphatic rings. The smallest absolute Gasteiger partial charge is 0.331 e. The first-order valence-corrected chi connectivity index (χ1v) is 10.9. The van der Waals surface area contributed by atoms with Crippen LogP contribution >= 0.6 is 0 Å². The third kappa shape index (κ3) is 5.58. The zero-order valence-electron chi connectivity index (χ0n) is 19.3. The Bertz CT molecular complexity index is 1420. The van der Waals surface area contributed by atoms with Crippen molar-refractivity contribution in [2.75, 3.05) is 6.54 Å². The van der Waals surface area contributed by atoms with E-state index in [2.05, 4.69) is 25.7 Å². The van der Waals surface area contributed by atoms with Crippen LogP contribution in [0.15, 0.2) is 58.8 Å². The number of hydrogen-bond acceptors (Lipinski definition) is 8. The van der Waals surface area contributed by atoms with Crippen LogP contribution in [-0.2, 0) is 26.7 Å². The fraction of sp³-hybridized carbons (Fsp3) is 0.318. The van der Waals surface area contributed by atoms with E-state index in [4.69, 9.17) is 0 Å². The second kappa shape index (κ2) is 10.3. The van der Waals surface area contributed by atoms with Gasteiger partial charge in [-0.3, -0.25) is 18.7 Å². The number of nitrogens with one attached hydrogen (secondary N) is 1. The molecule has 0 fully saturated rings. The van der Waals surface area contributed by atoms with Crippen molar-refractivity contribution in [3.63, 3.8) is 0 Å². The lowest BCUT2D eigenvalue weighted by molar-refractivity contribution is 0.0949. The van der Waals surface area contributed by atoms with Gasteiger partial charge in [0.15, 0.2) is 5.82 Å². The number of aryl methyl sites for hydroxylation is 1. The van der Waals surface area contributed by atoms with E-state index in [1.807, 2.05) is 31.2 Å². The Morgan fingerprint density at radius 2 is 1.97 bits per heavy atom. The fourth-order valence-electron chi connectivity index (χ4n) is 3.43. The van der Waals surface area contributed by atoms with E-state index < -0.39 is 23.3 Å². The quantitative estimate of drug-likeness (QED) is 0.318. The van der Waals surface area contributed by atoms with Gasteiger partial charge in [0.1, 0.15) is 11.7 Å². The summed E-state index contributed by atoms with van der Waals surface area (Å²) >= 11 is 0. The van der Waals surface area contributed by atoms with E-state index in [0.29, 0.717) is 12.1 Å². The van der Waals surface area contributed by atoms with E-state index >= 15 is 0 Å². The van der Waals surface area contributed by atoms with Crippen LogP contribution in [0.3, 0.4) is 0 Å². The topological polar surface area (TPSA) is 155 Å². The second-order valence-electron chi connectivity index (χ2n) is 8.06. The summed E-state index contributed by atoms with van der Waals surface area (Å²) in [6, 6.07) is 7.44. The lowest BCUT2D eigenvalue weighted by atomic mass is 10.1. The molecule has 0 aliphatic carbocycles. The summed E-state index contributed by atoms with van der Waals surface area (Å²) in [5, 5.41) is 25.2. The third-order valence-corrected chi connectivity index (χ3v) is 5.42. The van der Waals surface area contributed by atoms with Gasteiger partial charge in [-0.2, -0.15) is 4.80 Å². The maximum absolute atomic E-state index is 12.6. The number of aliphatic hydroxyl groups is 1. The summed E-state index contributed by atoms with van der Waals surface area (Å²) in [5.41, 5.74) is 0.286. The van der Waals surface area contributed by atoms with Crippen molar-refractivity contribution in [1.82, 2.24) is 44.2 Å². The monoisotopic (exact) mass is 479 g/mol. The molecule has 0 saturated carbocycles. The molecule has 0 bridgehead atoms. The molecule has 0 radical (unpaired) electrons. The standard InChI is InChI=1S/C22H25N9O4/c1-15-3-5-16(6-4-15)18(32)12-31-26-19(25-27-31)13-30-11-17(21(34)28(2)22(30)35)20(33)24-8-10-29-9-7-23-14-29/h3-7,9,11,14,18,32H,8,10,12-13H2,1-2H3,(H,24,33)/t18-/m0/s1. The Kier molecular flexibility index (Phi) is 6.96. The zero-order chi connectivity index (χ0) is 24.9. The van der Waals surface area contributed by atoms with Crippen LogP contribution in [0.1, 0.15) is 33.4 Å². The highest BCUT2D eigenvalue weighted by Crippen LogP contribution is 2.14. The second-order valence-corrected chi connectivity index (χ2v) is 8.06. The molecule has 0 spiro atoms. The first-order valence-electron chi connectivity index (χ1n) is 10.9. The SMILES string of the molecule is Cc1ccc([C@@H](O)Cn2nnc(Cn3cc(C(=O)NCCn4ccnc4)c(=O)n(C)c3=O)n2)cc1. The van der Waals surface area contributed by atoms with Crippen LogP contribution in [0.4, 0.5) is 0 Å². The Morgan fingerprint density at radius 1 is 1.20 bits per heavy atom. The van der Waals surface area contributed by atoms with Gasteiger partial charge >= 0.3 is 5.69 Å². The number of nitrogens with zero attached hydrogens (tertiary/aromatic N) is 8. The molecule has 4 rings (SSSR count). The molecule has 1 aromatic carbocycles.